The van der Waals surface area contributed by atoms with Crippen molar-refractivity contribution in [3.63, 3.8) is 0 Å². The van der Waals surface area contributed by atoms with Gasteiger partial charge in [-0.25, -0.2) is 9.97 Å². The molecule has 0 unspecified atom stereocenters. The Balaban J connectivity index is 1.69. The van der Waals surface area contributed by atoms with Gasteiger partial charge in [-0.1, -0.05) is 6.92 Å². The Hall–Kier alpha value is -2.09. The fourth-order valence-electron chi connectivity index (χ4n) is 3.65. The van der Waals surface area contributed by atoms with Crippen molar-refractivity contribution in [2.24, 2.45) is 5.92 Å². The maximum absolute atomic E-state index is 11.7. The summed E-state index contributed by atoms with van der Waals surface area (Å²) >= 11 is 0. The Bertz CT molecular complexity index is 595. The van der Waals surface area contributed by atoms with Crippen LogP contribution in [0, 0.1) is 5.92 Å². The van der Waals surface area contributed by atoms with E-state index in [0.29, 0.717) is 5.69 Å². The number of nitrogens with zero attached hydrogens (tertiary/aromatic N) is 5. The third-order valence-corrected chi connectivity index (χ3v) is 5.29. The van der Waals surface area contributed by atoms with Crippen molar-refractivity contribution in [2.75, 3.05) is 68.5 Å². The number of piperazine rings is 1. The number of methoxy groups -OCH3 is 1. The number of aromatic nitrogens is 2. The lowest BCUT2D eigenvalue weighted by Gasteiger charge is -2.36. The fraction of sp³-hybridized carbons (Fsp3) is 0.706. The van der Waals surface area contributed by atoms with Gasteiger partial charge in [0.1, 0.15) is 12.0 Å². The highest BCUT2D eigenvalue weighted by molar-refractivity contribution is 5.77. The van der Waals surface area contributed by atoms with Crippen LogP contribution in [-0.2, 0) is 9.53 Å². The first-order valence-corrected chi connectivity index (χ1v) is 9.04. The van der Waals surface area contributed by atoms with E-state index in [1.165, 1.54) is 7.11 Å². The van der Waals surface area contributed by atoms with Gasteiger partial charge in [0.2, 0.25) is 0 Å². The van der Waals surface area contributed by atoms with Crippen LogP contribution >= 0.6 is 0 Å². The van der Waals surface area contributed by atoms with Gasteiger partial charge in [-0.2, -0.15) is 0 Å². The van der Waals surface area contributed by atoms with E-state index in [1.807, 2.05) is 0 Å². The predicted molar refractivity (Wildman–Crippen MR) is 97.7 cm³/mol. The number of rotatable bonds is 4. The summed E-state index contributed by atoms with van der Waals surface area (Å²) in [5.41, 5.74) is 7.06. The van der Waals surface area contributed by atoms with Crippen LogP contribution in [0.15, 0.2) is 6.33 Å². The molecule has 8 heteroatoms. The van der Waals surface area contributed by atoms with Crippen LogP contribution in [0.1, 0.15) is 19.8 Å². The highest BCUT2D eigenvalue weighted by atomic mass is 16.5. The summed E-state index contributed by atoms with van der Waals surface area (Å²) in [7, 11) is 1.45. The van der Waals surface area contributed by atoms with Gasteiger partial charge in [-0.05, 0) is 19.4 Å². The van der Waals surface area contributed by atoms with E-state index in [0.717, 1.165) is 70.3 Å². The predicted octanol–water partition coefficient (Wildman–Crippen LogP) is 0.590. The van der Waals surface area contributed by atoms with E-state index in [-0.39, 0.29) is 11.9 Å². The number of hydrogen-bond donors (Lipinski definition) is 1. The summed E-state index contributed by atoms with van der Waals surface area (Å²) in [5, 5.41) is 0. The Morgan fingerprint density at radius 3 is 2.20 bits per heavy atom. The van der Waals surface area contributed by atoms with Gasteiger partial charge in [-0.3, -0.25) is 4.79 Å². The van der Waals surface area contributed by atoms with E-state index in [4.69, 9.17) is 10.5 Å². The molecule has 3 heterocycles. The van der Waals surface area contributed by atoms with Crippen molar-refractivity contribution < 1.29 is 9.53 Å². The molecule has 1 aromatic rings. The van der Waals surface area contributed by atoms with Crippen LogP contribution in [0.25, 0.3) is 0 Å². The number of nitrogen functional groups attached to an aromatic ring is 1. The molecule has 0 aliphatic carbocycles. The number of esters is 1. The quantitative estimate of drug-likeness (QED) is 0.791. The van der Waals surface area contributed by atoms with Crippen LogP contribution in [-0.4, -0.2) is 73.8 Å². The number of carbonyl (C=O) groups is 1. The number of carbonyl (C=O) groups excluding carboxylic acids is 1. The van der Waals surface area contributed by atoms with Crippen LogP contribution in [0.4, 0.5) is 17.3 Å². The molecule has 3 rings (SSSR count). The average Bonchev–Trinajstić information content (AvgIpc) is 2.68. The molecule has 0 radical (unpaired) electrons. The standard InChI is InChI=1S/C17H28N6O2/c1-3-21-8-10-23(11-9-21)16-14(18)15(19-12-20-16)22-6-4-13(5-7-22)17(24)25-2/h12-13H,3-11,18H2,1-2H3. The van der Waals surface area contributed by atoms with Crippen molar-refractivity contribution in [1.29, 1.82) is 0 Å². The molecule has 1 aromatic heterocycles. The van der Waals surface area contributed by atoms with Gasteiger partial charge in [0.05, 0.1) is 13.0 Å². The van der Waals surface area contributed by atoms with Crippen molar-refractivity contribution in [2.45, 2.75) is 19.8 Å². The minimum atomic E-state index is -0.121. The molecule has 0 saturated carbocycles. The molecule has 0 bridgehead atoms. The van der Waals surface area contributed by atoms with Crippen LogP contribution in [0.5, 0.6) is 0 Å². The lowest BCUT2D eigenvalue weighted by Crippen LogP contribution is -2.46. The normalized spacial score (nSPS) is 19.9. The highest BCUT2D eigenvalue weighted by Gasteiger charge is 2.28. The van der Waals surface area contributed by atoms with Crippen LogP contribution < -0.4 is 15.5 Å². The molecular weight excluding hydrogens is 320 g/mol. The molecule has 0 spiro atoms. The molecule has 8 nitrogen and oxygen atoms in total. The molecule has 2 aliphatic rings. The Labute approximate surface area is 148 Å². The van der Waals surface area contributed by atoms with E-state index in [2.05, 4.69) is 31.6 Å². The van der Waals surface area contributed by atoms with Gasteiger partial charge in [-0.15, -0.1) is 0 Å². The third-order valence-electron chi connectivity index (χ3n) is 5.29. The molecule has 2 saturated heterocycles. The first-order valence-electron chi connectivity index (χ1n) is 9.04. The summed E-state index contributed by atoms with van der Waals surface area (Å²) in [6, 6.07) is 0. The molecule has 2 N–H and O–H groups in total. The number of piperidine rings is 1. The lowest BCUT2D eigenvalue weighted by molar-refractivity contribution is -0.146. The molecule has 0 amide bonds. The number of likely N-dealkylation sites (N-methyl/N-ethyl adjacent to an activating group) is 1. The minimum absolute atomic E-state index is 0.0223. The zero-order chi connectivity index (χ0) is 17.8. The fourth-order valence-corrected chi connectivity index (χ4v) is 3.65. The molecule has 0 aromatic carbocycles. The average molecular weight is 348 g/mol. The van der Waals surface area contributed by atoms with E-state index in [9.17, 15) is 4.79 Å². The van der Waals surface area contributed by atoms with Crippen molar-refractivity contribution in [3.8, 4) is 0 Å². The van der Waals surface area contributed by atoms with E-state index < -0.39 is 0 Å². The first-order chi connectivity index (χ1) is 12.1. The van der Waals surface area contributed by atoms with Gasteiger partial charge >= 0.3 is 5.97 Å². The van der Waals surface area contributed by atoms with Gasteiger partial charge in [0, 0.05) is 39.3 Å². The van der Waals surface area contributed by atoms with E-state index in [1.54, 1.807) is 6.33 Å². The first kappa shape index (κ1) is 17.7. The van der Waals surface area contributed by atoms with Gasteiger partial charge in [0.25, 0.3) is 0 Å². The summed E-state index contributed by atoms with van der Waals surface area (Å²) in [4.78, 5) is 27.4. The zero-order valence-corrected chi connectivity index (χ0v) is 15.1. The maximum atomic E-state index is 11.7. The van der Waals surface area contributed by atoms with Gasteiger partial charge in [0.15, 0.2) is 11.6 Å². The monoisotopic (exact) mass is 348 g/mol. The van der Waals surface area contributed by atoms with Gasteiger partial charge < -0.3 is 25.2 Å². The van der Waals surface area contributed by atoms with Crippen molar-refractivity contribution in [1.82, 2.24) is 14.9 Å². The largest absolute Gasteiger partial charge is 0.469 e. The SMILES string of the molecule is CCN1CCN(c2ncnc(N3CCC(C(=O)OC)CC3)c2N)CC1. The Morgan fingerprint density at radius 2 is 1.68 bits per heavy atom. The molecule has 138 valence electrons. The molecule has 2 aliphatic heterocycles. The summed E-state index contributed by atoms with van der Waals surface area (Å²) in [6.45, 7) is 8.68. The van der Waals surface area contributed by atoms with Crippen LogP contribution in [0.3, 0.4) is 0 Å². The zero-order valence-electron chi connectivity index (χ0n) is 15.1. The second-order valence-electron chi connectivity index (χ2n) is 6.64. The Kier molecular flexibility index (Phi) is 5.57. The minimum Gasteiger partial charge on any atom is -0.469 e. The molecule has 2 fully saturated rings. The second kappa shape index (κ2) is 7.86. The maximum Gasteiger partial charge on any atom is 0.308 e. The number of ether oxygens (including phenoxy) is 1. The molecule has 25 heavy (non-hydrogen) atoms. The smallest absolute Gasteiger partial charge is 0.308 e. The highest BCUT2D eigenvalue weighted by Crippen LogP contribution is 2.32. The second-order valence-corrected chi connectivity index (χ2v) is 6.64. The number of nitrogens with two attached hydrogens (primary N) is 1. The Morgan fingerprint density at radius 1 is 1.12 bits per heavy atom. The number of anilines is 3. The molecule has 0 atom stereocenters. The summed E-state index contributed by atoms with van der Waals surface area (Å²) < 4.78 is 4.85. The third kappa shape index (κ3) is 3.78. The summed E-state index contributed by atoms with van der Waals surface area (Å²) in [5.74, 6) is 1.47. The van der Waals surface area contributed by atoms with Crippen molar-refractivity contribution >= 4 is 23.3 Å². The number of hydrogen-bond acceptors (Lipinski definition) is 8. The van der Waals surface area contributed by atoms with Crippen LogP contribution in [0.2, 0.25) is 0 Å². The summed E-state index contributed by atoms with van der Waals surface area (Å²) in [6.07, 6.45) is 3.13. The molecular formula is C17H28N6O2. The topological polar surface area (TPSA) is 87.8 Å². The lowest BCUT2D eigenvalue weighted by atomic mass is 9.97. The van der Waals surface area contributed by atoms with Crippen molar-refractivity contribution in [3.05, 3.63) is 6.33 Å². The van der Waals surface area contributed by atoms with E-state index >= 15 is 0 Å².